The van der Waals surface area contributed by atoms with Gasteiger partial charge in [0, 0.05) is 24.9 Å². The average Bonchev–Trinajstić information content (AvgIpc) is 2.29. The van der Waals surface area contributed by atoms with Gasteiger partial charge in [0.1, 0.15) is 5.60 Å². The van der Waals surface area contributed by atoms with Gasteiger partial charge >= 0.3 is 6.09 Å². The lowest BCUT2D eigenvalue weighted by molar-refractivity contribution is 0.0184. The molecular formula is C13H26N2O2S. The molecule has 0 aromatic rings. The summed E-state index contributed by atoms with van der Waals surface area (Å²) in [5.74, 6) is 0.628. The molecule has 106 valence electrons. The van der Waals surface area contributed by atoms with Crippen molar-refractivity contribution in [2.24, 2.45) is 11.7 Å². The summed E-state index contributed by atoms with van der Waals surface area (Å²) in [5.41, 5.74) is 5.36. The normalized spacial score (nSPS) is 19.7. The number of thioether (sulfide) groups is 1. The molecule has 1 rings (SSSR count). The van der Waals surface area contributed by atoms with Crippen LogP contribution in [0.1, 0.15) is 33.6 Å². The summed E-state index contributed by atoms with van der Waals surface area (Å²) in [6, 6.07) is 0. The van der Waals surface area contributed by atoms with E-state index in [0.717, 1.165) is 32.5 Å². The summed E-state index contributed by atoms with van der Waals surface area (Å²) in [5, 5.41) is 0.519. The van der Waals surface area contributed by atoms with Crippen LogP contribution in [-0.4, -0.2) is 47.7 Å². The third-order valence-electron chi connectivity index (χ3n) is 3.25. The van der Waals surface area contributed by atoms with Crippen LogP contribution in [-0.2, 0) is 4.74 Å². The third kappa shape index (κ3) is 4.69. The summed E-state index contributed by atoms with van der Waals surface area (Å²) >= 11 is 1.84. The lowest BCUT2D eigenvalue weighted by Crippen LogP contribution is -2.44. The van der Waals surface area contributed by atoms with Gasteiger partial charge in [0.2, 0.25) is 0 Å². The smallest absolute Gasteiger partial charge is 0.410 e. The zero-order valence-corrected chi connectivity index (χ0v) is 12.8. The van der Waals surface area contributed by atoms with E-state index in [1.165, 1.54) is 0 Å². The molecule has 1 amide bonds. The summed E-state index contributed by atoms with van der Waals surface area (Å²) in [7, 11) is 0. The van der Waals surface area contributed by atoms with Crippen LogP contribution in [0.2, 0.25) is 0 Å². The van der Waals surface area contributed by atoms with Crippen LogP contribution in [0.3, 0.4) is 0 Å². The number of nitrogens with zero attached hydrogens (tertiary/aromatic N) is 1. The van der Waals surface area contributed by atoms with Crippen molar-refractivity contribution in [3.8, 4) is 0 Å². The van der Waals surface area contributed by atoms with Crippen LogP contribution in [0, 0.1) is 5.92 Å². The van der Waals surface area contributed by atoms with E-state index in [1.54, 1.807) is 0 Å². The Morgan fingerprint density at radius 3 is 2.39 bits per heavy atom. The Labute approximate surface area is 115 Å². The molecule has 2 N–H and O–H groups in total. The van der Waals surface area contributed by atoms with Gasteiger partial charge in [-0.1, -0.05) is 0 Å². The fourth-order valence-corrected chi connectivity index (χ4v) is 3.11. The summed E-state index contributed by atoms with van der Waals surface area (Å²) in [6.07, 6.45) is 3.98. The molecule has 1 aliphatic rings. The Morgan fingerprint density at radius 1 is 1.44 bits per heavy atom. The molecule has 0 spiro atoms. The first-order valence-corrected chi connectivity index (χ1v) is 7.87. The molecule has 1 aliphatic heterocycles. The van der Waals surface area contributed by atoms with Crippen LogP contribution in [0.15, 0.2) is 0 Å². The second-order valence-electron chi connectivity index (χ2n) is 5.81. The van der Waals surface area contributed by atoms with Crippen molar-refractivity contribution >= 4 is 17.9 Å². The van der Waals surface area contributed by atoms with E-state index in [2.05, 4.69) is 6.26 Å². The number of carbonyl (C=O) groups excluding carboxylic acids is 1. The number of piperidine rings is 1. The number of hydrogen-bond acceptors (Lipinski definition) is 4. The SMILES string of the molecule is CSC(CN)C1CCN(C(=O)OC(C)(C)C)CC1. The zero-order chi connectivity index (χ0) is 13.8. The van der Waals surface area contributed by atoms with Crippen LogP contribution < -0.4 is 5.73 Å². The average molecular weight is 274 g/mol. The first-order chi connectivity index (χ1) is 8.37. The molecule has 0 aromatic carbocycles. The van der Waals surface area contributed by atoms with Crippen molar-refractivity contribution < 1.29 is 9.53 Å². The van der Waals surface area contributed by atoms with Gasteiger partial charge in [-0.3, -0.25) is 0 Å². The topological polar surface area (TPSA) is 55.6 Å². The van der Waals surface area contributed by atoms with Crippen molar-refractivity contribution in [3.63, 3.8) is 0 Å². The van der Waals surface area contributed by atoms with Gasteiger partial charge in [0.25, 0.3) is 0 Å². The molecule has 1 unspecified atom stereocenters. The maximum atomic E-state index is 11.9. The molecule has 0 radical (unpaired) electrons. The number of likely N-dealkylation sites (tertiary alicyclic amines) is 1. The van der Waals surface area contributed by atoms with Crippen molar-refractivity contribution in [2.75, 3.05) is 25.9 Å². The minimum absolute atomic E-state index is 0.186. The van der Waals surface area contributed by atoms with Gasteiger partial charge in [-0.2, -0.15) is 11.8 Å². The van der Waals surface area contributed by atoms with Crippen molar-refractivity contribution in [1.29, 1.82) is 0 Å². The molecule has 1 saturated heterocycles. The number of hydrogen-bond donors (Lipinski definition) is 1. The second kappa shape index (κ2) is 6.66. The van der Waals surface area contributed by atoms with Gasteiger partial charge < -0.3 is 15.4 Å². The van der Waals surface area contributed by atoms with Gasteiger partial charge in [-0.05, 0) is 45.8 Å². The van der Waals surface area contributed by atoms with Gasteiger partial charge in [0.05, 0.1) is 0 Å². The van der Waals surface area contributed by atoms with E-state index < -0.39 is 5.60 Å². The largest absolute Gasteiger partial charge is 0.444 e. The number of carbonyl (C=O) groups is 1. The van der Waals surface area contributed by atoms with Crippen molar-refractivity contribution in [1.82, 2.24) is 4.90 Å². The van der Waals surface area contributed by atoms with Crippen LogP contribution in [0.4, 0.5) is 4.79 Å². The first kappa shape index (κ1) is 15.6. The van der Waals surface area contributed by atoms with E-state index in [4.69, 9.17) is 10.5 Å². The van der Waals surface area contributed by atoms with Gasteiger partial charge in [0.15, 0.2) is 0 Å². The third-order valence-corrected chi connectivity index (χ3v) is 4.44. The van der Waals surface area contributed by atoms with E-state index >= 15 is 0 Å². The van der Waals surface area contributed by atoms with Crippen molar-refractivity contribution in [2.45, 2.75) is 44.5 Å². The molecule has 0 bridgehead atoms. The Morgan fingerprint density at radius 2 is 2.00 bits per heavy atom. The maximum absolute atomic E-state index is 11.9. The lowest BCUT2D eigenvalue weighted by Gasteiger charge is -2.35. The molecule has 0 saturated carbocycles. The van der Waals surface area contributed by atoms with E-state index in [1.807, 2.05) is 37.4 Å². The molecule has 1 fully saturated rings. The Kier molecular flexibility index (Phi) is 5.79. The highest BCUT2D eigenvalue weighted by Crippen LogP contribution is 2.27. The highest BCUT2D eigenvalue weighted by Gasteiger charge is 2.29. The number of rotatable bonds is 3. The molecule has 0 aromatic heterocycles. The van der Waals surface area contributed by atoms with E-state index in [9.17, 15) is 4.79 Å². The zero-order valence-electron chi connectivity index (χ0n) is 11.9. The van der Waals surface area contributed by atoms with Crippen LogP contribution in [0.5, 0.6) is 0 Å². The first-order valence-electron chi connectivity index (χ1n) is 6.58. The molecule has 0 aliphatic carbocycles. The molecule has 18 heavy (non-hydrogen) atoms. The molecular weight excluding hydrogens is 248 g/mol. The predicted molar refractivity (Wildman–Crippen MR) is 76.9 cm³/mol. The lowest BCUT2D eigenvalue weighted by atomic mass is 9.93. The quantitative estimate of drug-likeness (QED) is 0.858. The highest BCUT2D eigenvalue weighted by atomic mass is 32.2. The minimum atomic E-state index is -0.410. The molecule has 1 atom stereocenters. The van der Waals surface area contributed by atoms with Crippen LogP contribution in [0.25, 0.3) is 0 Å². The number of nitrogens with two attached hydrogens (primary N) is 1. The van der Waals surface area contributed by atoms with E-state index in [-0.39, 0.29) is 6.09 Å². The standard InChI is InChI=1S/C13H26N2O2S/c1-13(2,3)17-12(16)15-7-5-10(6-8-15)11(9-14)18-4/h10-11H,5-9,14H2,1-4H3. The van der Waals surface area contributed by atoms with Gasteiger partial charge in [-0.15, -0.1) is 0 Å². The second-order valence-corrected chi connectivity index (χ2v) is 6.89. The monoisotopic (exact) mass is 274 g/mol. The fourth-order valence-electron chi connectivity index (χ4n) is 2.26. The van der Waals surface area contributed by atoms with Gasteiger partial charge in [-0.25, -0.2) is 4.79 Å². The fraction of sp³-hybridized carbons (Fsp3) is 0.923. The number of amides is 1. The molecule has 4 nitrogen and oxygen atoms in total. The number of ether oxygens (including phenoxy) is 1. The Balaban J connectivity index is 2.41. The minimum Gasteiger partial charge on any atom is -0.444 e. The molecule has 1 heterocycles. The Hall–Kier alpha value is -0.420. The predicted octanol–water partition coefficient (Wildman–Crippen LogP) is 2.32. The summed E-state index contributed by atoms with van der Waals surface area (Å²) in [4.78, 5) is 13.7. The van der Waals surface area contributed by atoms with Crippen LogP contribution >= 0.6 is 11.8 Å². The Bertz CT molecular complexity index is 267. The maximum Gasteiger partial charge on any atom is 0.410 e. The van der Waals surface area contributed by atoms with Crippen molar-refractivity contribution in [3.05, 3.63) is 0 Å². The summed E-state index contributed by atoms with van der Waals surface area (Å²) in [6.45, 7) is 7.99. The molecule has 5 heteroatoms. The van der Waals surface area contributed by atoms with E-state index in [0.29, 0.717) is 11.2 Å². The summed E-state index contributed by atoms with van der Waals surface area (Å²) < 4.78 is 5.38. The highest BCUT2D eigenvalue weighted by molar-refractivity contribution is 7.99.